The van der Waals surface area contributed by atoms with E-state index in [0.29, 0.717) is 12.8 Å². The van der Waals surface area contributed by atoms with Crippen molar-refractivity contribution >= 4 is 11.9 Å². The fourth-order valence-corrected chi connectivity index (χ4v) is 3.89. The summed E-state index contributed by atoms with van der Waals surface area (Å²) in [5.74, 6) is -1.31. The molecule has 1 aliphatic carbocycles. The van der Waals surface area contributed by atoms with E-state index < -0.39 is 23.8 Å². The lowest BCUT2D eigenvalue weighted by atomic mass is 9.81. The molecule has 0 aromatic heterocycles. The third-order valence-corrected chi connectivity index (χ3v) is 5.29. The van der Waals surface area contributed by atoms with Crippen molar-refractivity contribution in [2.75, 3.05) is 0 Å². The molecule has 0 aromatic carbocycles. The zero-order chi connectivity index (χ0) is 14.9. The summed E-state index contributed by atoms with van der Waals surface area (Å²) in [5.41, 5.74) is -0.112. The lowest BCUT2D eigenvalue weighted by Gasteiger charge is -2.25. The second-order valence-electron chi connectivity index (χ2n) is 6.71. The zero-order valence-corrected chi connectivity index (χ0v) is 11.9. The Hall–Kier alpha value is -1.40. The second kappa shape index (κ2) is 4.08. The number of carbonyl (C=O) groups is 2. The van der Waals surface area contributed by atoms with E-state index in [4.69, 9.17) is 14.2 Å². The summed E-state index contributed by atoms with van der Waals surface area (Å²) >= 11 is 0. The van der Waals surface area contributed by atoms with Gasteiger partial charge < -0.3 is 19.3 Å². The fraction of sp³-hybridized carbons (Fsp3) is 0.733. The first-order chi connectivity index (χ1) is 9.89. The average molecular weight is 294 g/mol. The summed E-state index contributed by atoms with van der Waals surface area (Å²) in [7, 11) is 0. The van der Waals surface area contributed by atoms with Crippen LogP contribution in [0, 0.1) is 11.8 Å². The maximum atomic E-state index is 12.0. The third-order valence-electron chi connectivity index (χ3n) is 5.29. The number of hydrogen-bond acceptors (Lipinski definition) is 6. The smallest absolute Gasteiger partial charge is 0.337 e. The molecule has 0 unspecified atom stereocenters. The zero-order valence-electron chi connectivity index (χ0n) is 11.9. The van der Waals surface area contributed by atoms with Gasteiger partial charge in [-0.05, 0) is 13.0 Å². The molecule has 3 aliphatic heterocycles. The molecule has 114 valence electrons. The van der Waals surface area contributed by atoms with Crippen LogP contribution < -0.4 is 0 Å². The fourth-order valence-electron chi connectivity index (χ4n) is 3.89. The number of aliphatic hydroxyl groups is 1. The third kappa shape index (κ3) is 1.85. The van der Waals surface area contributed by atoms with Crippen LogP contribution in [0.2, 0.25) is 0 Å². The number of hydrogen-bond donors (Lipinski definition) is 1. The largest absolute Gasteiger partial charge is 0.462 e. The van der Waals surface area contributed by atoms with Crippen molar-refractivity contribution in [3.63, 3.8) is 0 Å². The minimum absolute atomic E-state index is 0.117. The van der Waals surface area contributed by atoms with E-state index in [2.05, 4.69) is 0 Å². The summed E-state index contributed by atoms with van der Waals surface area (Å²) in [6.07, 6.45) is 0.785. The SMILES string of the molecule is C[C@H]1C(=O)O[C@H]2C[C@]3(C)O[C@H]3C[C@@H](O)C3=C[C@@H](OC3=O)[C@@H]21. The van der Waals surface area contributed by atoms with Crippen LogP contribution in [0.25, 0.3) is 0 Å². The van der Waals surface area contributed by atoms with Crippen LogP contribution in [-0.2, 0) is 23.8 Å². The highest BCUT2D eigenvalue weighted by atomic mass is 16.6. The highest BCUT2D eigenvalue weighted by Gasteiger charge is 2.60. The molecule has 2 fully saturated rings. The number of esters is 2. The van der Waals surface area contributed by atoms with E-state index in [0.717, 1.165) is 0 Å². The maximum Gasteiger partial charge on any atom is 0.337 e. The van der Waals surface area contributed by atoms with Gasteiger partial charge in [0.25, 0.3) is 0 Å². The minimum atomic E-state index is -0.876. The molecule has 2 saturated heterocycles. The molecule has 6 heteroatoms. The van der Waals surface area contributed by atoms with Gasteiger partial charge in [0.2, 0.25) is 0 Å². The van der Waals surface area contributed by atoms with Gasteiger partial charge in [0, 0.05) is 18.8 Å². The number of aliphatic hydroxyl groups excluding tert-OH is 1. The second-order valence-corrected chi connectivity index (χ2v) is 6.71. The van der Waals surface area contributed by atoms with Gasteiger partial charge in [0.05, 0.1) is 29.3 Å². The molecule has 4 rings (SSSR count). The quantitative estimate of drug-likeness (QED) is 0.512. The standard InChI is InChI=1S/C15H18O6/c1-6-12-9-3-7(14(18)19-9)8(16)4-11-15(2,21-11)5-10(12)20-13(6)17/h3,6,8-12,16H,4-5H2,1-2H3/t6-,8-,9-,10+,11+,12+,15+/m1/s1. The summed E-state index contributed by atoms with van der Waals surface area (Å²) in [5, 5.41) is 10.2. The number of epoxide rings is 1. The highest BCUT2D eigenvalue weighted by Crippen LogP contribution is 2.49. The Labute approximate surface area is 122 Å². The molecule has 0 radical (unpaired) electrons. The van der Waals surface area contributed by atoms with Crippen LogP contribution >= 0.6 is 0 Å². The van der Waals surface area contributed by atoms with E-state index in [9.17, 15) is 14.7 Å². The Morgan fingerprint density at radius 3 is 2.86 bits per heavy atom. The summed E-state index contributed by atoms with van der Waals surface area (Å²) in [6, 6.07) is 0. The van der Waals surface area contributed by atoms with Crippen molar-refractivity contribution in [3.05, 3.63) is 11.6 Å². The minimum Gasteiger partial charge on any atom is -0.462 e. The van der Waals surface area contributed by atoms with Gasteiger partial charge in [0.1, 0.15) is 12.2 Å². The lowest BCUT2D eigenvalue weighted by Crippen LogP contribution is -2.35. The average Bonchev–Trinajstić information content (AvgIpc) is 2.73. The molecule has 4 aliphatic rings. The van der Waals surface area contributed by atoms with Gasteiger partial charge in [0.15, 0.2) is 0 Å². The van der Waals surface area contributed by atoms with Gasteiger partial charge in [-0.2, -0.15) is 0 Å². The molecule has 0 amide bonds. The van der Waals surface area contributed by atoms with Crippen molar-refractivity contribution in [1.82, 2.24) is 0 Å². The van der Waals surface area contributed by atoms with E-state index in [-0.39, 0.29) is 35.6 Å². The summed E-state index contributed by atoms with van der Waals surface area (Å²) < 4.78 is 16.6. The maximum absolute atomic E-state index is 12.0. The predicted molar refractivity (Wildman–Crippen MR) is 69.0 cm³/mol. The van der Waals surface area contributed by atoms with E-state index in [1.807, 2.05) is 6.92 Å². The van der Waals surface area contributed by atoms with Crippen molar-refractivity contribution in [2.24, 2.45) is 11.8 Å². The Morgan fingerprint density at radius 2 is 2.10 bits per heavy atom. The van der Waals surface area contributed by atoms with Crippen molar-refractivity contribution < 1.29 is 28.9 Å². The van der Waals surface area contributed by atoms with Gasteiger partial charge >= 0.3 is 11.9 Å². The molecule has 6 nitrogen and oxygen atoms in total. The van der Waals surface area contributed by atoms with Crippen LogP contribution in [0.3, 0.4) is 0 Å². The summed E-state index contributed by atoms with van der Waals surface area (Å²) in [6.45, 7) is 3.75. The Morgan fingerprint density at radius 1 is 1.33 bits per heavy atom. The van der Waals surface area contributed by atoms with Crippen molar-refractivity contribution in [3.8, 4) is 0 Å². The van der Waals surface area contributed by atoms with Gasteiger partial charge in [-0.3, -0.25) is 4.79 Å². The van der Waals surface area contributed by atoms with Gasteiger partial charge in [-0.15, -0.1) is 0 Å². The number of rotatable bonds is 0. The van der Waals surface area contributed by atoms with Crippen LogP contribution in [0.1, 0.15) is 26.7 Å². The van der Waals surface area contributed by atoms with Crippen LogP contribution in [0.5, 0.6) is 0 Å². The number of carbonyl (C=O) groups excluding carboxylic acids is 2. The summed E-state index contributed by atoms with van der Waals surface area (Å²) in [4.78, 5) is 23.9. The molecule has 3 heterocycles. The number of ether oxygens (including phenoxy) is 3. The van der Waals surface area contributed by atoms with E-state index >= 15 is 0 Å². The van der Waals surface area contributed by atoms with Gasteiger partial charge in [-0.1, -0.05) is 6.92 Å². The van der Waals surface area contributed by atoms with Gasteiger partial charge in [-0.25, -0.2) is 4.79 Å². The normalized spacial score (nSPS) is 51.5. The molecular weight excluding hydrogens is 276 g/mol. The first kappa shape index (κ1) is 13.3. The molecule has 1 N–H and O–H groups in total. The van der Waals surface area contributed by atoms with Crippen molar-refractivity contribution in [1.29, 1.82) is 0 Å². The van der Waals surface area contributed by atoms with Crippen LogP contribution in [-0.4, -0.2) is 47.1 Å². The molecule has 0 aromatic rings. The number of fused-ring (bicyclic) bond motifs is 4. The Balaban J connectivity index is 1.74. The molecular formula is C15H18O6. The predicted octanol–water partition coefficient (Wildman–Crippen LogP) is 0.328. The van der Waals surface area contributed by atoms with E-state index in [1.165, 1.54) is 0 Å². The molecule has 21 heavy (non-hydrogen) atoms. The topological polar surface area (TPSA) is 85.4 Å². The highest BCUT2D eigenvalue weighted by molar-refractivity contribution is 5.92. The Kier molecular flexibility index (Phi) is 2.58. The lowest BCUT2D eigenvalue weighted by molar-refractivity contribution is -0.144. The molecule has 7 atom stereocenters. The van der Waals surface area contributed by atoms with Crippen molar-refractivity contribution in [2.45, 2.75) is 56.7 Å². The van der Waals surface area contributed by atoms with Crippen LogP contribution in [0.15, 0.2) is 11.6 Å². The van der Waals surface area contributed by atoms with E-state index in [1.54, 1.807) is 13.0 Å². The monoisotopic (exact) mass is 294 g/mol. The Bertz CT molecular complexity index is 554. The molecule has 0 spiro atoms. The first-order valence-electron chi connectivity index (χ1n) is 7.38. The molecule has 0 saturated carbocycles. The van der Waals surface area contributed by atoms with Crippen LogP contribution in [0.4, 0.5) is 0 Å². The first-order valence-corrected chi connectivity index (χ1v) is 7.38. The molecule has 2 bridgehead atoms.